The molecule has 0 bridgehead atoms. The van der Waals surface area contributed by atoms with E-state index < -0.39 is 0 Å². The van der Waals surface area contributed by atoms with E-state index in [4.69, 9.17) is 4.74 Å². The molecular weight excluding hydrogens is 222 g/mol. The van der Waals surface area contributed by atoms with E-state index in [1.54, 1.807) is 0 Å². The summed E-state index contributed by atoms with van der Waals surface area (Å²) in [5.41, 5.74) is 1.29. The van der Waals surface area contributed by atoms with E-state index in [-0.39, 0.29) is 6.23 Å². The lowest BCUT2D eigenvalue weighted by molar-refractivity contribution is 0.0750. The molecule has 18 heavy (non-hydrogen) atoms. The second kappa shape index (κ2) is 7.30. The summed E-state index contributed by atoms with van der Waals surface area (Å²) in [6, 6.07) is 0.643. The number of rotatable bonds is 5. The highest BCUT2D eigenvalue weighted by atomic mass is 16.5. The van der Waals surface area contributed by atoms with Crippen molar-refractivity contribution >= 4 is 0 Å². The molecule has 0 aromatic carbocycles. The summed E-state index contributed by atoms with van der Waals surface area (Å²) in [6.45, 7) is 4.33. The van der Waals surface area contributed by atoms with Gasteiger partial charge in [0.1, 0.15) is 6.23 Å². The van der Waals surface area contributed by atoms with Crippen LogP contribution in [-0.4, -0.2) is 19.4 Å². The topological polar surface area (TPSA) is 21.3 Å². The smallest absolute Gasteiger partial charge is 0.130 e. The van der Waals surface area contributed by atoms with Crippen LogP contribution in [0.3, 0.4) is 0 Å². The van der Waals surface area contributed by atoms with E-state index in [2.05, 4.69) is 11.9 Å². The predicted molar refractivity (Wildman–Crippen MR) is 76.5 cm³/mol. The first-order chi connectivity index (χ1) is 8.81. The number of hydrogen-bond donors (Lipinski definition) is 1. The summed E-state index contributed by atoms with van der Waals surface area (Å²) in [5.74, 6) is 0.680. The molecule has 0 amide bonds. The van der Waals surface area contributed by atoms with E-state index in [9.17, 15) is 0 Å². The van der Waals surface area contributed by atoms with Gasteiger partial charge in [0.25, 0.3) is 0 Å². The van der Waals surface area contributed by atoms with Crippen LogP contribution in [0.2, 0.25) is 0 Å². The summed E-state index contributed by atoms with van der Waals surface area (Å²) in [4.78, 5) is 0. The van der Waals surface area contributed by atoms with Crippen LogP contribution in [0.15, 0.2) is 12.2 Å². The summed E-state index contributed by atoms with van der Waals surface area (Å²) in [5, 5.41) is 3.68. The third-order valence-electron chi connectivity index (χ3n) is 4.69. The van der Waals surface area contributed by atoms with E-state index in [1.807, 2.05) is 7.11 Å². The Morgan fingerprint density at radius 1 is 1.00 bits per heavy atom. The molecule has 0 aromatic rings. The molecule has 2 aliphatic carbocycles. The molecule has 2 nitrogen and oxygen atoms in total. The van der Waals surface area contributed by atoms with Crippen LogP contribution in [0.1, 0.15) is 64.2 Å². The van der Waals surface area contributed by atoms with Gasteiger partial charge in [-0.3, -0.25) is 5.32 Å². The molecule has 104 valence electrons. The lowest BCUT2D eigenvalue weighted by atomic mass is 9.83. The third-order valence-corrected chi connectivity index (χ3v) is 4.69. The fourth-order valence-corrected chi connectivity index (χ4v) is 3.50. The molecule has 0 aromatic heterocycles. The van der Waals surface area contributed by atoms with Gasteiger partial charge in [-0.1, -0.05) is 45.1 Å². The minimum Gasteiger partial charge on any atom is -0.363 e. The van der Waals surface area contributed by atoms with Gasteiger partial charge in [-0.2, -0.15) is 0 Å². The van der Waals surface area contributed by atoms with Crippen LogP contribution in [0.4, 0.5) is 0 Å². The first kappa shape index (κ1) is 14.1. The maximum atomic E-state index is 5.66. The lowest BCUT2D eigenvalue weighted by Crippen LogP contribution is -2.43. The maximum Gasteiger partial charge on any atom is 0.130 e. The van der Waals surface area contributed by atoms with Crippen LogP contribution in [0, 0.1) is 5.92 Å². The van der Waals surface area contributed by atoms with Gasteiger partial charge < -0.3 is 4.74 Å². The number of nitrogens with one attached hydrogen (secondary N) is 1. The van der Waals surface area contributed by atoms with E-state index >= 15 is 0 Å². The highest BCUT2D eigenvalue weighted by molar-refractivity contribution is 5.08. The van der Waals surface area contributed by atoms with Crippen molar-refractivity contribution in [1.82, 2.24) is 5.32 Å². The first-order valence-corrected chi connectivity index (χ1v) is 7.79. The molecule has 2 fully saturated rings. The molecule has 1 N–H and O–H groups in total. The minimum absolute atomic E-state index is 0.0798. The number of hydrogen-bond acceptors (Lipinski definition) is 2. The molecule has 1 atom stereocenters. The van der Waals surface area contributed by atoms with Crippen molar-refractivity contribution in [3.05, 3.63) is 12.2 Å². The molecular formula is C16H29NO. The molecule has 0 aliphatic heterocycles. The molecule has 2 rings (SSSR count). The molecule has 2 aliphatic rings. The van der Waals surface area contributed by atoms with Gasteiger partial charge in [-0.15, -0.1) is 0 Å². The van der Waals surface area contributed by atoms with E-state index in [0.29, 0.717) is 12.0 Å². The summed E-state index contributed by atoms with van der Waals surface area (Å²) in [7, 11) is 1.81. The second-order valence-electron chi connectivity index (χ2n) is 6.03. The average Bonchev–Trinajstić information content (AvgIpc) is 2.46. The molecule has 0 heterocycles. The zero-order chi connectivity index (χ0) is 12.8. The Kier molecular flexibility index (Phi) is 5.71. The quantitative estimate of drug-likeness (QED) is 0.588. The summed E-state index contributed by atoms with van der Waals surface area (Å²) in [6.07, 6.45) is 13.6. The molecule has 0 spiro atoms. The van der Waals surface area contributed by atoms with Crippen molar-refractivity contribution in [1.29, 1.82) is 0 Å². The standard InChI is InChI=1S/C16H29NO/c1-13(14-9-5-3-6-10-14)16(18-2)17-15-11-7-4-8-12-15/h14-17H,1,3-12H2,2H3. The highest BCUT2D eigenvalue weighted by Gasteiger charge is 2.25. The van der Waals surface area contributed by atoms with Crippen molar-refractivity contribution in [2.75, 3.05) is 7.11 Å². The van der Waals surface area contributed by atoms with E-state index in [1.165, 1.54) is 69.8 Å². The van der Waals surface area contributed by atoms with Crippen molar-refractivity contribution < 1.29 is 4.74 Å². The Balaban J connectivity index is 1.84. The predicted octanol–water partition coefficient (Wildman–Crippen LogP) is 4.02. The van der Waals surface area contributed by atoms with E-state index in [0.717, 1.165) is 0 Å². The van der Waals surface area contributed by atoms with Crippen molar-refractivity contribution in [3.8, 4) is 0 Å². The fourth-order valence-electron chi connectivity index (χ4n) is 3.50. The molecule has 2 heteroatoms. The largest absolute Gasteiger partial charge is 0.363 e. The van der Waals surface area contributed by atoms with Gasteiger partial charge in [0.05, 0.1) is 0 Å². The summed E-state index contributed by atoms with van der Waals surface area (Å²) >= 11 is 0. The highest BCUT2D eigenvalue weighted by Crippen LogP contribution is 2.31. The first-order valence-electron chi connectivity index (χ1n) is 7.79. The minimum atomic E-state index is 0.0798. The van der Waals surface area contributed by atoms with Crippen molar-refractivity contribution in [2.45, 2.75) is 76.5 Å². The van der Waals surface area contributed by atoms with Crippen LogP contribution < -0.4 is 5.32 Å². The Morgan fingerprint density at radius 2 is 1.56 bits per heavy atom. The zero-order valence-corrected chi connectivity index (χ0v) is 11.9. The Labute approximate surface area is 112 Å². The van der Waals surface area contributed by atoms with Crippen LogP contribution in [-0.2, 0) is 4.74 Å². The molecule has 0 saturated heterocycles. The van der Waals surface area contributed by atoms with Gasteiger partial charge >= 0.3 is 0 Å². The fraction of sp³-hybridized carbons (Fsp3) is 0.875. The normalized spacial score (nSPS) is 24.9. The van der Waals surface area contributed by atoms with Crippen LogP contribution in [0.5, 0.6) is 0 Å². The van der Waals surface area contributed by atoms with Crippen molar-refractivity contribution in [2.24, 2.45) is 5.92 Å². The molecule has 1 unspecified atom stereocenters. The van der Waals surface area contributed by atoms with Gasteiger partial charge in [0.2, 0.25) is 0 Å². The molecule has 2 saturated carbocycles. The molecule has 0 radical (unpaired) electrons. The average molecular weight is 251 g/mol. The maximum absolute atomic E-state index is 5.66. The van der Waals surface area contributed by atoms with Crippen LogP contribution in [0.25, 0.3) is 0 Å². The lowest BCUT2D eigenvalue weighted by Gasteiger charge is -2.33. The van der Waals surface area contributed by atoms with Gasteiger partial charge in [-0.05, 0) is 37.2 Å². The Bertz CT molecular complexity index is 252. The third kappa shape index (κ3) is 3.83. The second-order valence-corrected chi connectivity index (χ2v) is 6.03. The summed E-state index contributed by atoms with van der Waals surface area (Å²) < 4.78 is 5.66. The Morgan fingerprint density at radius 3 is 2.11 bits per heavy atom. The number of ether oxygens (including phenoxy) is 1. The SMILES string of the molecule is C=C(C1CCCCC1)C(NC1CCCCC1)OC. The van der Waals surface area contributed by atoms with Crippen molar-refractivity contribution in [3.63, 3.8) is 0 Å². The Hall–Kier alpha value is -0.340. The van der Waals surface area contributed by atoms with Gasteiger partial charge in [-0.25, -0.2) is 0 Å². The van der Waals surface area contributed by atoms with Gasteiger partial charge in [0.15, 0.2) is 0 Å². The zero-order valence-electron chi connectivity index (χ0n) is 11.9. The number of methoxy groups -OCH3 is 1. The van der Waals surface area contributed by atoms with Crippen LogP contribution >= 0.6 is 0 Å². The monoisotopic (exact) mass is 251 g/mol. The van der Waals surface area contributed by atoms with Gasteiger partial charge in [0, 0.05) is 13.2 Å².